The zero-order chi connectivity index (χ0) is 10.8. The first-order chi connectivity index (χ1) is 7.22. The van der Waals surface area contributed by atoms with E-state index in [0.29, 0.717) is 5.82 Å². The zero-order valence-electron chi connectivity index (χ0n) is 8.77. The van der Waals surface area contributed by atoms with E-state index in [1.54, 1.807) is 13.3 Å². The number of rotatable bonds is 2. The molecule has 2 aromatic rings. The molecule has 0 unspecified atom stereocenters. The third-order valence-corrected chi connectivity index (χ3v) is 2.20. The van der Waals surface area contributed by atoms with E-state index >= 15 is 0 Å². The van der Waals surface area contributed by atoms with Gasteiger partial charge in [0, 0.05) is 6.20 Å². The van der Waals surface area contributed by atoms with Crippen molar-refractivity contribution in [1.29, 1.82) is 0 Å². The number of imidazole rings is 1. The first-order valence-corrected chi connectivity index (χ1v) is 4.67. The highest BCUT2D eigenvalue weighted by Gasteiger charge is 2.10. The first kappa shape index (κ1) is 9.58. The summed E-state index contributed by atoms with van der Waals surface area (Å²) in [4.78, 5) is 4.35. The third-order valence-electron chi connectivity index (χ3n) is 2.20. The van der Waals surface area contributed by atoms with Gasteiger partial charge in [-0.15, -0.1) is 0 Å². The van der Waals surface area contributed by atoms with Crippen molar-refractivity contribution in [3.63, 3.8) is 0 Å². The summed E-state index contributed by atoms with van der Waals surface area (Å²) in [5.74, 6) is 7.28. The van der Waals surface area contributed by atoms with Crippen molar-refractivity contribution in [2.24, 2.45) is 0 Å². The van der Waals surface area contributed by atoms with Crippen LogP contribution in [0.1, 0.15) is 5.69 Å². The van der Waals surface area contributed by atoms with Gasteiger partial charge in [-0.3, -0.25) is 0 Å². The smallest absolute Gasteiger partial charge is 0.162 e. The van der Waals surface area contributed by atoms with Crippen LogP contribution in [-0.4, -0.2) is 16.8 Å². The van der Waals surface area contributed by atoms with E-state index in [2.05, 4.69) is 4.98 Å². The molecule has 4 nitrogen and oxygen atoms in total. The quantitative estimate of drug-likeness (QED) is 0.754. The molecule has 0 aliphatic rings. The van der Waals surface area contributed by atoms with E-state index in [9.17, 15) is 0 Å². The number of nitrogens with two attached hydrogens (primary N) is 1. The summed E-state index contributed by atoms with van der Waals surface area (Å²) in [7, 11) is 1.63. The van der Waals surface area contributed by atoms with Crippen LogP contribution in [0.15, 0.2) is 30.5 Å². The molecule has 0 spiro atoms. The number of aromatic nitrogens is 2. The summed E-state index contributed by atoms with van der Waals surface area (Å²) in [5, 5.41) is 0. The Morgan fingerprint density at radius 1 is 1.33 bits per heavy atom. The fourth-order valence-electron chi connectivity index (χ4n) is 1.54. The van der Waals surface area contributed by atoms with Crippen LogP contribution >= 0.6 is 0 Å². The Morgan fingerprint density at radius 2 is 2.07 bits per heavy atom. The monoisotopic (exact) mass is 203 g/mol. The van der Waals surface area contributed by atoms with Crippen molar-refractivity contribution < 1.29 is 4.74 Å². The number of nitrogen functional groups attached to an aromatic ring is 1. The molecule has 0 aliphatic heterocycles. The first-order valence-electron chi connectivity index (χ1n) is 4.67. The lowest BCUT2D eigenvalue weighted by molar-refractivity contribution is 0.416. The minimum Gasteiger partial charge on any atom is -0.496 e. The highest BCUT2D eigenvalue weighted by molar-refractivity contribution is 5.64. The second-order valence-corrected chi connectivity index (χ2v) is 3.31. The Hall–Kier alpha value is -1.97. The van der Waals surface area contributed by atoms with Crippen LogP contribution in [0.4, 0.5) is 0 Å². The SMILES string of the molecule is COc1ccccc1-c1nc(C)cn1N. The standard InChI is InChI=1S/C11H13N3O/c1-8-7-14(12)11(13-8)9-5-3-4-6-10(9)15-2/h3-7H,12H2,1-2H3. The summed E-state index contributed by atoms with van der Waals surface area (Å²) in [5.41, 5.74) is 1.79. The Labute approximate surface area is 88.3 Å². The fraction of sp³-hybridized carbons (Fsp3) is 0.182. The van der Waals surface area contributed by atoms with Crippen molar-refractivity contribution >= 4 is 0 Å². The van der Waals surface area contributed by atoms with Crippen LogP contribution in [0.5, 0.6) is 5.75 Å². The highest BCUT2D eigenvalue weighted by Crippen LogP contribution is 2.27. The van der Waals surface area contributed by atoms with Gasteiger partial charge in [-0.1, -0.05) is 12.1 Å². The normalized spacial score (nSPS) is 10.3. The molecule has 2 N–H and O–H groups in total. The molecule has 2 rings (SSSR count). The molecule has 0 aliphatic carbocycles. The molecule has 1 aromatic carbocycles. The van der Waals surface area contributed by atoms with E-state index < -0.39 is 0 Å². The Balaban J connectivity index is 2.58. The van der Waals surface area contributed by atoms with Crippen LogP contribution < -0.4 is 10.6 Å². The maximum absolute atomic E-state index is 5.80. The lowest BCUT2D eigenvalue weighted by atomic mass is 10.2. The lowest BCUT2D eigenvalue weighted by Crippen LogP contribution is -2.08. The van der Waals surface area contributed by atoms with Crippen LogP contribution in [0.25, 0.3) is 11.4 Å². The summed E-state index contributed by atoms with van der Waals surface area (Å²) in [6.07, 6.45) is 1.78. The number of hydrogen-bond donors (Lipinski definition) is 1. The summed E-state index contributed by atoms with van der Waals surface area (Å²) in [6, 6.07) is 7.67. The van der Waals surface area contributed by atoms with E-state index in [1.807, 2.05) is 31.2 Å². The molecular formula is C11H13N3O. The molecule has 0 fully saturated rings. The van der Waals surface area contributed by atoms with Gasteiger partial charge in [-0.2, -0.15) is 0 Å². The maximum Gasteiger partial charge on any atom is 0.162 e. The second-order valence-electron chi connectivity index (χ2n) is 3.31. The number of methoxy groups -OCH3 is 1. The molecule has 0 bridgehead atoms. The predicted octanol–water partition coefficient (Wildman–Crippen LogP) is 1.58. The van der Waals surface area contributed by atoms with Crippen molar-refractivity contribution in [3.8, 4) is 17.1 Å². The van der Waals surface area contributed by atoms with Gasteiger partial charge in [0.1, 0.15) is 5.75 Å². The van der Waals surface area contributed by atoms with Crippen LogP contribution in [0.3, 0.4) is 0 Å². The predicted molar refractivity (Wildman–Crippen MR) is 59.1 cm³/mol. The summed E-state index contributed by atoms with van der Waals surface area (Å²) in [6.45, 7) is 1.91. The van der Waals surface area contributed by atoms with Crippen molar-refractivity contribution in [2.75, 3.05) is 13.0 Å². The van der Waals surface area contributed by atoms with Gasteiger partial charge in [0.25, 0.3) is 0 Å². The molecule has 0 amide bonds. The van der Waals surface area contributed by atoms with Gasteiger partial charge in [0.2, 0.25) is 0 Å². The zero-order valence-corrected chi connectivity index (χ0v) is 8.77. The topological polar surface area (TPSA) is 53.1 Å². The van der Waals surface area contributed by atoms with E-state index in [0.717, 1.165) is 17.0 Å². The Morgan fingerprint density at radius 3 is 2.67 bits per heavy atom. The molecule has 1 aromatic heterocycles. The number of ether oxygens (including phenoxy) is 1. The minimum absolute atomic E-state index is 0.713. The van der Waals surface area contributed by atoms with Gasteiger partial charge >= 0.3 is 0 Å². The van der Waals surface area contributed by atoms with Crippen LogP contribution in [-0.2, 0) is 0 Å². The Bertz CT molecular complexity index is 476. The molecule has 0 radical (unpaired) electrons. The van der Waals surface area contributed by atoms with Gasteiger partial charge < -0.3 is 10.6 Å². The molecule has 0 saturated heterocycles. The maximum atomic E-state index is 5.80. The van der Waals surface area contributed by atoms with E-state index in [1.165, 1.54) is 4.68 Å². The van der Waals surface area contributed by atoms with Crippen molar-refractivity contribution in [1.82, 2.24) is 9.66 Å². The van der Waals surface area contributed by atoms with Crippen molar-refractivity contribution in [2.45, 2.75) is 6.92 Å². The highest BCUT2D eigenvalue weighted by atomic mass is 16.5. The minimum atomic E-state index is 0.713. The number of nitrogens with zero attached hydrogens (tertiary/aromatic N) is 2. The fourth-order valence-corrected chi connectivity index (χ4v) is 1.54. The molecule has 0 saturated carbocycles. The molecule has 78 valence electrons. The summed E-state index contributed by atoms with van der Waals surface area (Å²) >= 11 is 0. The van der Waals surface area contributed by atoms with E-state index in [-0.39, 0.29) is 0 Å². The summed E-state index contributed by atoms with van der Waals surface area (Å²) < 4.78 is 6.76. The molecule has 0 atom stereocenters. The Kier molecular flexibility index (Phi) is 2.33. The molecular weight excluding hydrogens is 190 g/mol. The average molecular weight is 203 g/mol. The number of aryl methyl sites for hydroxylation is 1. The van der Waals surface area contributed by atoms with Gasteiger partial charge in [0.15, 0.2) is 5.82 Å². The molecule has 15 heavy (non-hydrogen) atoms. The second kappa shape index (κ2) is 3.65. The van der Waals surface area contributed by atoms with Gasteiger partial charge in [0.05, 0.1) is 18.4 Å². The number of para-hydroxylation sites is 1. The molecule has 1 heterocycles. The van der Waals surface area contributed by atoms with Crippen LogP contribution in [0.2, 0.25) is 0 Å². The number of hydrogen-bond acceptors (Lipinski definition) is 3. The van der Waals surface area contributed by atoms with Crippen LogP contribution in [0, 0.1) is 6.92 Å². The largest absolute Gasteiger partial charge is 0.496 e. The third kappa shape index (κ3) is 1.66. The average Bonchev–Trinajstić information content (AvgIpc) is 2.57. The number of benzene rings is 1. The van der Waals surface area contributed by atoms with Crippen molar-refractivity contribution in [3.05, 3.63) is 36.2 Å². The molecule has 4 heteroatoms. The van der Waals surface area contributed by atoms with Gasteiger partial charge in [-0.25, -0.2) is 9.66 Å². The van der Waals surface area contributed by atoms with Gasteiger partial charge in [-0.05, 0) is 19.1 Å². The van der Waals surface area contributed by atoms with E-state index in [4.69, 9.17) is 10.6 Å². The lowest BCUT2D eigenvalue weighted by Gasteiger charge is -2.07.